The van der Waals surface area contributed by atoms with Crippen molar-refractivity contribution < 1.29 is 4.79 Å². The highest BCUT2D eigenvalue weighted by Gasteiger charge is 2.03. The van der Waals surface area contributed by atoms with Crippen LogP contribution in [0.2, 0.25) is 0 Å². The van der Waals surface area contributed by atoms with Crippen LogP contribution in [-0.2, 0) is 11.2 Å². The number of carbonyl (C=O) groups excluding carboxylic acids is 1. The zero-order valence-electron chi connectivity index (χ0n) is 7.33. The summed E-state index contributed by atoms with van der Waals surface area (Å²) in [5.41, 5.74) is 1.12. The third-order valence-corrected chi connectivity index (χ3v) is 2.88. The van der Waals surface area contributed by atoms with E-state index in [1.165, 1.54) is 4.70 Å². The van der Waals surface area contributed by atoms with E-state index in [0.717, 1.165) is 10.9 Å². The average molecular weight is 189 g/mol. The Kier molecular flexibility index (Phi) is 2.15. The fourth-order valence-electron chi connectivity index (χ4n) is 1.40. The molecule has 2 rings (SSSR count). The van der Waals surface area contributed by atoms with E-state index in [4.69, 9.17) is 0 Å². The first-order chi connectivity index (χ1) is 6.27. The molecule has 2 aromatic rings. The standard InChI is InChI=1S/C11H9OS/c1-8(12)7-10-4-2-3-9-5-6-13-11(9)10/h2-4,6H,7H2,1H3. The first kappa shape index (κ1) is 8.45. The lowest BCUT2D eigenvalue weighted by atomic mass is 10.1. The van der Waals surface area contributed by atoms with Gasteiger partial charge < -0.3 is 0 Å². The van der Waals surface area contributed by atoms with E-state index < -0.39 is 0 Å². The zero-order valence-corrected chi connectivity index (χ0v) is 8.15. The van der Waals surface area contributed by atoms with Crippen molar-refractivity contribution in [3.05, 3.63) is 35.2 Å². The number of carbonyl (C=O) groups is 1. The number of Topliss-reactive ketones (excluding diaryl/α,β-unsaturated/α-hetero) is 1. The van der Waals surface area contributed by atoms with Crippen molar-refractivity contribution in [3.63, 3.8) is 0 Å². The van der Waals surface area contributed by atoms with E-state index in [1.807, 2.05) is 23.6 Å². The Morgan fingerprint density at radius 1 is 1.54 bits per heavy atom. The van der Waals surface area contributed by atoms with Gasteiger partial charge in [0.1, 0.15) is 5.78 Å². The molecule has 1 nitrogen and oxygen atoms in total. The Labute approximate surface area is 81.0 Å². The molecule has 0 atom stereocenters. The van der Waals surface area contributed by atoms with Crippen LogP contribution in [0.15, 0.2) is 23.6 Å². The molecule has 2 heteroatoms. The average Bonchev–Trinajstić information content (AvgIpc) is 2.51. The molecule has 0 spiro atoms. The number of thiophene rings is 1. The largest absolute Gasteiger partial charge is 0.300 e. The number of hydrogen-bond donors (Lipinski definition) is 0. The highest BCUT2D eigenvalue weighted by molar-refractivity contribution is 7.17. The van der Waals surface area contributed by atoms with E-state index in [0.29, 0.717) is 6.42 Å². The topological polar surface area (TPSA) is 17.1 Å². The maximum absolute atomic E-state index is 11.0. The number of hydrogen-bond acceptors (Lipinski definition) is 2. The number of benzene rings is 1. The third kappa shape index (κ3) is 1.63. The molecule has 0 amide bonds. The molecule has 65 valence electrons. The van der Waals surface area contributed by atoms with E-state index in [-0.39, 0.29) is 5.78 Å². The lowest BCUT2D eigenvalue weighted by Crippen LogP contribution is -1.95. The van der Waals surface area contributed by atoms with Gasteiger partial charge in [0.15, 0.2) is 0 Å². The Morgan fingerprint density at radius 3 is 3.15 bits per heavy atom. The predicted molar refractivity (Wildman–Crippen MR) is 55.0 cm³/mol. The summed E-state index contributed by atoms with van der Waals surface area (Å²) >= 11 is 1.65. The Bertz CT molecular complexity index is 442. The smallest absolute Gasteiger partial charge is 0.134 e. The highest BCUT2D eigenvalue weighted by atomic mass is 32.1. The molecule has 0 aliphatic rings. The monoisotopic (exact) mass is 189 g/mol. The minimum absolute atomic E-state index is 0.209. The molecule has 0 N–H and O–H groups in total. The van der Waals surface area contributed by atoms with Crippen LogP contribution in [0.1, 0.15) is 12.5 Å². The number of fused-ring (bicyclic) bond motifs is 1. The van der Waals surface area contributed by atoms with Gasteiger partial charge in [-0.25, -0.2) is 0 Å². The summed E-state index contributed by atoms with van der Waals surface area (Å²) in [6.07, 6.45) is 0.533. The first-order valence-electron chi connectivity index (χ1n) is 4.13. The molecular formula is C11H9OS. The van der Waals surface area contributed by atoms with Crippen molar-refractivity contribution in [1.29, 1.82) is 0 Å². The highest BCUT2D eigenvalue weighted by Crippen LogP contribution is 2.24. The summed E-state index contributed by atoms with van der Waals surface area (Å²) in [6.45, 7) is 1.62. The van der Waals surface area contributed by atoms with Crippen molar-refractivity contribution in [3.8, 4) is 0 Å². The zero-order chi connectivity index (χ0) is 9.26. The van der Waals surface area contributed by atoms with Crippen LogP contribution in [0.5, 0.6) is 0 Å². The molecule has 1 aromatic carbocycles. The van der Waals surface area contributed by atoms with Crippen LogP contribution in [0.3, 0.4) is 0 Å². The molecule has 13 heavy (non-hydrogen) atoms. The van der Waals surface area contributed by atoms with Gasteiger partial charge in [-0.3, -0.25) is 4.79 Å². The summed E-state index contributed by atoms with van der Waals surface area (Å²) in [7, 11) is 0. The van der Waals surface area contributed by atoms with Gasteiger partial charge in [0, 0.05) is 22.6 Å². The van der Waals surface area contributed by atoms with Gasteiger partial charge in [-0.2, -0.15) is 0 Å². The minimum atomic E-state index is 0.209. The van der Waals surface area contributed by atoms with Crippen molar-refractivity contribution >= 4 is 27.2 Å². The second kappa shape index (κ2) is 3.30. The van der Waals surface area contributed by atoms with Crippen LogP contribution in [0.25, 0.3) is 10.1 Å². The normalized spacial score (nSPS) is 10.5. The SMILES string of the molecule is CC(=O)Cc1cccc2[c]csc12. The van der Waals surface area contributed by atoms with Crippen molar-refractivity contribution in [2.45, 2.75) is 13.3 Å². The number of ketones is 1. The fourth-order valence-corrected chi connectivity index (χ4v) is 2.25. The van der Waals surface area contributed by atoms with Crippen molar-refractivity contribution in [2.24, 2.45) is 0 Å². The van der Waals surface area contributed by atoms with Gasteiger partial charge in [-0.05, 0) is 17.9 Å². The number of rotatable bonds is 2. The molecule has 1 aromatic heterocycles. The molecule has 1 radical (unpaired) electrons. The van der Waals surface area contributed by atoms with Crippen LogP contribution in [0.4, 0.5) is 0 Å². The Balaban J connectivity index is 2.54. The summed E-state index contributed by atoms with van der Waals surface area (Å²) in [5, 5.41) is 3.05. The second-order valence-electron chi connectivity index (χ2n) is 3.05. The van der Waals surface area contributed by atoms with E-state index in [9.17, 15) is 4.79 Å². The first-order valence-corrected chi connectivity index (χ1v) is 5.01. The molecule has 0 aliphatic carbocycles. The maximum Gasteiger partial charge on any atom is 0.134 e. The van der Waals surface area contributed by atoms with E-state index in [2.05, 4.69) is 6.07 Å². The Morgan fingerprint density at radius 2 is 2.38 bits per heavy atom. The molecule has 0 bridgehead atoms. The Hall–Kier alpha value is -1.15. The van der Waals surface area contributed by atoms with Crippen LogP contribution >= 0.6 is 11.3 Å². The molecule has 0 saturated heterocycles. The maximum atomic E-state index is 11.0. The van der Waals surface area contributed by atoms with Crippen LogP contribution in [-0.4, -0.2) is 5.78 Å². The van der Waals surface area contributed by atoms with Crippen molar-refractivity contribution in [1.82, 2.24) is 0 Å². The van der Waals surface area contributed by atoms with Gasteiger partial charge >= 0.3 is 0 Å². The summed E-state index contributed by atoms with van der Waals surface area (Å²) in [4.78, 5) is 11.0. The van der Waals surface area contributed by atoms with Gasteiger partial charge in [0.05, 0.1) is 0 Å². The quantitative estimate of drug-likeness (QED) is 0.710. The lowest BCUT2D eigenvalue weighted by molar-refractivity contribution is -0.116. The third-order valence-electron chi connectivity index (χ3n) is 1.93. The minimum Gasteiger partial charge on any atom is -0.300 e. The predicted octanol–water partition coefficient (Wildman–Crippen LogP) is 2.83. The lowest BCUT2D eigenvalue weighted by Gasteiger charge is -1.98. The molecule has 0 saturated carbocycles. The molecular weight excluding hydrogens is 180 g/mol. The summed E-state index contributed by atoms with van der Waals surface area (Å²) in [5.74, 6) is 0.209. The second-order valence-corrected chi connectivity index (χ2v) is 3.93. The summed E-state index contributed by atoms with van der Waals surface area (Å²) < 4.78 is 1.19. The van der Waals surface area contributed by atoms with E-state index in [1.54, 1.807) is 18.3 Å². The fraction of sp³-hybridized carbons (Fsp3) is 0.182. The molecule has 0 fully saturated rings. The van der Waals surface area contributed by atoms with Crippen LogP contribution < -0.4 is 0 Å². The van der Waals surface area contributed by atoms with Gasteiger partial charge in [0.25, 0.3) is 0 Å². The summed E-state index contributed by atoms with van der Waals surface area (Å²) in [6, 6.07) is 9.15. The van der Waals surface area contributed by atoms with Gasteiger partial charge in [0.2, 0.25) is 0 Å². The van der Waals surface area contributed by atoms with Gasteiger partial charge in [-0.1, -0.05) is 18.2 Å². The van der Waals surface area contributed by atoms with Crippen molar-refractivity contribution in [2.75, 3.05) is 0 Å². The van der Waals surface area contributed by atoms with Gasteiger partial charge in [-0.15, -0.1) is 11.3 Å². The molecule has 1 heterocycles. The van der Waals surface area contributed by atoms with Crippen LogP contribution in [0, 0.1) is 6.07 Å². The van der Waals surface area contributed by atoms with E-state index >= 15 is 0 Å². The molecule has 0 aliphatic heterocycles. The molecule has 0 unspecified atom stereocenters.